The maximum absolute atomic E-state index is 12.7. The lowest BCUT2D eigenvalue weighted by Crippen LogP contribution is -2.32. The van der Waals surface area contributed by atoms with Gasteiger partial charge in [-0.3, -0.25) is 4.79 Å². The van der Waals surface area contributed by atoms with Gasteiger partial charge in [-0.05, 0) is 35.7 Å². The molecule has 4 N–H and O–H groups in total. The SMILES string of the molecule is CC(C)CN(Cc1ccc(C(=O)Nc2nc(-c3ccccc3)ccc2N)cc1)C(=O)O. The Kier molecular flexibility index (Phi) is 6.87. The van der Waals surface area contributed by atoms with Crippen molar-refractivity contribution >= 4 is 23.5 Å². The van der Waals surface area contributed by atoms with Crippen LogP contribution in [0.3, 0.4) is 0 Å². The predicted octanol–water partition coefficient (Wildman–Crippen LogP) is 4.72. The molecule has 0 aliphatic carbocycles. The summed E-state index contributed by atoms with van der Waals surface area (Å²) >= 11 is 0. The second-order valence-electron chi connectivity index (χ2n) is 7.71. The van der Waals surface area contributed by atoms with E-state index in [0.29, 0.717) is 29.3 Å². The third-order valence-electron chi connectivity index (χ3n) is 4.67. The topological polar surface area (TPSA) is 109 Å². The van der Waals surface area contributed by atoms with Crippen LogP contribution in [0.1, 0.15) is 29.8 Å². The van der Waals surface area contributed by atoms with E-state index in [1.807, 2.05) is 44.2 Å². The summed E-state index contributed by atoms with van der Waals surface area (Å²) in [4.78, 5) is 30.0. The van der Waals surface area contributed by atoms with Crippen LogP contribution in [0, 0.1) is 5.92 Å². The first kappa shape index (κ1) is 21.8. The Balaban J connectivity index is 1.72. The number of aromatic nitrogens is 1. The van der Waals surface area contributed by atoms with Gasteiger partial charge >= 0.3 is 6.09 Å². The highest BCUT2D eigenvalue weighted by atomic mass is 16.4. The van der Waals surface area contributed by atoms with Crippen molar-refractivity contribution in [2.24, 2.45) is 5.92 Å². The Morgan fingerprint density at radius 3 is 2.32 bits per heavy atom. The molecule has 31 heavy (non-hydrogen) atoms. The predicted molar refractivity (Wildman–Crippen MR) is 122 cm³/mol. The summed E-state index contributed by atoms with van der Waals surface area (Å²) in [6.45, 7) is 4.65. The van der Waals surface area contributed by atoms with Crippen LogP contribution in [-0.4, -0.2) is 33.5 Å². The number of amides is 2. The summed E-state index contributed by atoms with van der Waals surface area (Å²) in [6.07, 6.45) is -0.963. The van der Waals surface area contributed by atoms with Gasteiger partial charge in [0.2, 0.25) is 0 Å². The van der Waals surface area contributed by atoms with E-state index in [4.69, 9.17) is 5.73 Å². The molecule has 7 nitrogen and oxygen atoms in total. The van der Waals surface area contributed by atoms with Gasteiger partial charge in [-0.25, -0.2) is 9.78 Å². The molecule has 1 aromatic heterocycles. The van der Waals surface area contributed by atoms with Gasteiger partial charge in [0.15, 0.2) is 5.82 Å². The lowest BCUT2D eigenvalue weighted by molar-refractivity contribution is 0.102. The number of rotatable bonds is 7. The summed E-state index contributed by atoms with van der Waals surface area (Å²) in [7, 11) is 0. The van der Waals surface area contributed by atoms with Crippen LogP contribution in [0.2, 0.25) is 0 Å². The number of nitrogens with one attached hydrogen (secondary N) is 1. The molecule has 1 heterocycles. The van der Waals surface area contributed by atoms with Gasteiger partial charge in [-0.15, -0.1) is 0 Å². The molecule has 7 heteroatoms. The van der Waals surface area contributed by atoms with Crippen molar-refractivity contribution in [3.63, 3.8) is 0 Å². The van der Waals surface area contributed by atoms with Gasteiger partial charge in [-0.1, -0.05) is 56.3 Å². The fourth-order valence-electron chi connectivity index (χ4n) is 3.15. The van der Waals surface area contributed by atoms with E-state index in [0.717, 1.165) is 11.1 Å². The minimum absolute atomic E-state index is 0.228. The number of nitrogen functional groups attached to an aromatic ring is 1. The van der Waals surface area contributed by atoms with Gasteiger partial charge in [0.25, 0.3) is 5.91 Å². The highest BCUT2D eigenvalue weighted by Crippen LogP contribution is 2.23. The molecule has 0 fully saturated rings. The highest BCUT2D eigenvalue weighted by Gasteiger charge is 2.15. The molecule has 0 bridgehead atoms. The first-order valence-electron chi connectivity index (χ1n) is 10.0. The van der Waals surface area contributed by atoms with Crippen LogP contribution in [0.25, 0.3) is 11.3 Å². The standard InChI is InChI=1S/C24H26N4O3/c1-16(2)14-28(24(30)31)15-17-8-10-19(11-9-17)23(29)27-22-20(25)12-13-21(26-22)18-6-4-3-5-7-18/h3-13,16H,14-15,25H2,1-2H3,(H,30,31)(H,26,27,29). The van der Waals surface area contributed by atoms with Crippen LogP contribution < -0.4 is 11.1 Å². The van der Waals surface area contributed by atoms with Crippen molar-refractivity contribution in [3.05, 3.63) is 77.9 Å². The van der Waals surface area contributed by atoms with E-state index in [1.54, 1.807) is 36.4 Å². The lowest BCUT2D eigenvalue weighted by atomic mass is 10.1. The summed E-state index contributed by atoms with van der Waals surface area (Å²) in [5.74, 6) is 0.184. The van der Waals surface area contributed by atoms with Gasteiger partial charge in [-0.2, -0.15) is 0 Å². The molecular weight excluding hydrogens is 392 g/mol. The molecule has 0 radical (unpaired) electrons. The number of carboxylic acid groups (broad SMARTS) is 1. The highest BCUT2D eigenvalue weighted by molar-refractivity contribution is 6.05. The third-order valence-corrected chi connectivity index (χ3v) is 4.67. The molecule has 160 valence electrons. The fraction of sp³-hybridized carbons (Fsp3) is 0.208. The van der Waals surface area contributed by atoms with Gasteiger partial charge in [0.1, 0.15) is 0 Å². The Bertz CT molecular complexity index is 1050. The molecule has 0 aliphatic heterocycles. The van der Waals surface area contributed by atoms with Gasteiger partial charge in [0.05, 0.1) is 11.4 Å². The molecule has 0 saturated carbocycles. The van der Waals surface area contributed by atoms with Crippen molar-refractivity contribution in [2.75, 3.05) is 17.6 Å². The number of carbonyl (C=O) groups excluding carboxylic acids is 1. The zero-order chi connectivity index (χ0) is 22.4. The molecule has 3 aromatic rings. The van der Waals surface area contributed by atoms with Crippen LogP contribution >= 0.6 is 0 Å². The second-order valence-corrected chi connectivity index (χ2v) is 7.71. The van der Waals surface area contributed by atoms with Gasteiger partial charge < -0.3 is 21.1 Å². The van der Waals surface area contributed by atoms with Crippen LogP contribution in [0.5, 0.6) is 0 Å². The number of hydrogen-bond donors (Lipinski definition) is 3. The quantitative estimate of drug-likeness (QED) is 0.514. The number of benzene rings is 2. The van der Waals surface area contributed by atoms with Crippen LogP contribution in [0.4, 0.5) is 16.3 Å². The molecule has 2 aromatic carbocycles. The van der Waals surface area contributed by atoms with Crippen LogP contribution in [-0.2, 0) is 6.54 Å². The minimum atomic E-state index is -0.963. The monoisotopic (exact) mass is 418 g/mol. The van der Waals surface area contributed by atoms with E-state index < -0.39 is 6.09 Å². The van der Waals surface area contributed by atoms with Crippen molar-refractivity contribution in [3.8, 4) is 11.3 Å². The minimum Gasteiger partial charge on any atom is -0.465 e. The number of carbonyl (C=O) groups is 2. The van der Waals surface area contributed by atoms with Crippen molar-refractivity contribution in [2.45, 2.75) is 20.4 Å². The number of anilines is 2. The largest absolute Gasteiger partial charge is 0.465 e. The van der Waals surface area contributed by atoms with Crippen molar-refractivity contribution in [1.82, 2.24) is 9.88 Å². The Labute approximate surface area is 181 Å². The van der Waals surface area contributed by atoms with E-state index in [-0.39, 0.29) is 18.4 Å². The maximum Gasteiger partial charge on any atom is 0.407 e. The van der Waals surface area contributed by atoms with Crippen molar-refractivity contribution < 1.29 is 14.7 Å². The average molecular weight is 418 g/mol. The number of hydrogen-bond acceptors (Lipinski definition) is 4. The van der Waals surface area contributed by atoms with Crippen molar-refractivity contribution in [1.29, 1.82) is 0 Å². The lowest BCUT2D eigenvalue weighted by Gasteiger charge is -2.21. The fourth-order valence-corrected chi connectivity index (χ4v) is 3.15. The third kappa shape index (κ3) is 5.82. The molecule has 0 unspecified atom stereocenters. The molecule has 2 amide bonds. The summed E-state index contributed by atoms with van der Waals surface area (Å²) in [5, 5.41) is 12.1. The summed E-state index contributed by atoms with van der Waals surface area (Å²) < 4.78 is 0. The zero-order valence-corrected chi connectivity index (χ0v) is 17.6. The smallest absolute Gasteiger partial charge is 0.407 e. The molecule has 0 aliphatic rings. The normalized spacial score (nSPS) is 10.7. The Morgan fingerprint density at radius 2 is 1.71 bits per heavy atom. The number of nitrogens with two attached hydrogens (primary N) is 1. The summed E-state index contributed by atoms with van der Waals surface area (Å²) in [5.41, 5.74) is 9.24. The number of pyridine rings is 1. The molecule has 0 spiro atoms. The molecular formula is C24H26N4O3. The van der Waals surface area contributed by atoms with E-state index in [9.17, 15) is 14.7 Å². The van der Waals surface area contributed by atoms with E-state index in [1.165, 1.54) is 4.90 Å². The van der Waals surface area contributed by atoms with Crippen LogP contribution in [0.15, 0.2) is 66.7 Å². The van der Waals surface area contributed by atoms with Gasteiger partial charge in [0, 0.05) is 24.2 Å². The average Bonchev–Trinajstić information content (AvgIpc) is 2.75. The van der Waals surface area contributed by atoms with E-state index >= 15 is 0 Å². The first-order chi connectivity index (χ1) is 14.8. The van der Waals surface area contributed by atoms with E-state index in [2.05, 4.69) is 10.3 Å². The molecule has 0 saturated heterocycles. The molecule has 0 atom stereocenters. The molecule has 3 rings (SSSR count). The Hall–Kier alpha value is -3.87. The number of nitrogens with zero attached hydrogens (tertiary/aromatic N) is 2. The zero-order valence-electron chi connectivity index (χ0n) is 17.6. The Morgan fingerprint density at radius 1 is 1.03 bits per heavy atom. The maximum atomic E-state index is 12.7. The summed E-state index contributed by atoms with van der Waals surface area (Å²) in [6, 6.07) is 20.0. The second kappa shape index (κ2) is 9.75. The first-order valence-corrected chi connectivity index (χ1v) is 10.0.